The van der Waals surface area contributed by atoms with E-state index in [0.29, 0.717) is 11.3 Å². The number of halogens is 1. The topological polar surface area (TPSA) is 93.7 Å². The maximum Gasteiger partial charge on any atom is 0.331 e. The predicted molar refractivity (Wildman–Crippen MR) is 112 cm³/mol. The van der Waals surface area contributed by atoms with Gasteiger partial charge in [0.15, 0.2) is 6.10 Å². The number of nitrogens with one attached hydrogen (secondary N) is 2. The Morgan fingerprint density at radius 3 is 2.55 bits per heavy atom. The number of imide groups is 1. The third kappa shape index (κ3) is 7.42. The lowest BCUT2D eigenvalue weighted by Gasteiger charge is -2.12. The fraction of sp³-hybridized carbons (Fsp3) is 0.190. The molecule has 2 aromatic carbocycles. The monoisotopic (exact) mass is 460 g/mol. The SMILES string of the molecule is COc1ccc(Br)cc1/C=C/C(=O)OC(C)C(=O)NC(=O)NCc1ccccc1. The van der Waals surface area contributed by atoms with Crippen LogP contribution in [0.3, 0.4) is 0 Å². The van der Waals surface area contributed by atoms with Crippen molar-refractivity contribution < 1.29 is 23.9 Å². The molecule has 3 amide bonds. The Labute approximate surface area is 177 Å². The molecule has 0 aliphatic rings. The van der Waals surface area contributed by atoms with Gasteiger partial charge in [0.05, 0.1) is 7.11 Å². The van der Waals surface area contributed by atoms with Crippen molar-refractivity contribution in [1.29, 1.82) is 0 Å². The number of carbonyl (C=O) groups excluding carboxylic acids is 3. The molecule has 0 radical (unpaired) electrons. The summed E-state index contributed by atoms with van der Waals surface area (Å²) in [6, 6.07) is 13.9. The van der Waals surface area contributed by atoms with Crippen LogP contribution in [0, 0.1) is 0 Å². The van der Waals surface area contributed by atoms with E-state index < -0.39 is 24.0 Å². The number of methoxy groups -OCH3 is 1. The van der Waals surface area contributed by atoms with Gasteiger partial charge in [-0.05, 0) is 36.8 Å². The Bertz CT molecular complexity index is 899. The Kier molecular flexibility index (Phi) is 8.42. The van der Waals surface area contributed by atoms with Gasteiger partial charge < -0.3 is 14.8 Å². The third-order valence-corrected chi connectivity index (χ3v) is 4.28. The van der Waals surface area contributed by atoms with Crippen molar-refractivity contribution in [2.45, 2.75) is 19.6 Å². The highest BCUT2D eigenvalue weighted by atomic mass is 79.9. The molecule has 7 nitrogen and oxygen atoms in total. The molecule has 0 fully saturated rings. The second-order valence-electron chi connectivity index (χ2n) is 5.96. The second-order valence-corrected chi connectivity index (χ2v) is 6.87. The Morgan fingerprint density at radius 2 is 1.86 bits per heavy atom. The molecule has 0 spiro atoms. The smallest absolute Gasteiger partial charge is 0.331 e. The average molecular weight is 461 g/mol. The van der Waals surface area contributed by atoms with Crippen molar-refractivity contribution in [3.8, 4) is 5.75 Å². The minimum atomic E-state index is -1.14. The third-order valence-electron chi connectivity index (χ3n) is 3.79. The van der Waals surface area contributed by atoms with Crippen molar-refractivity contribution in [2.75, 3.05) is 7.11 Å². The van der Waals surface area contributed by atoms with E-state index in [4.69, 9.17) is 9.47 Å². The fourth-order valence-electron chi connectivity index (χ4n) is 2.30. The lowest BCUT2D eigenvalue weighted by molar-refractivity contribution is -0.149. The summed E-state index contributed by atoms with van der Waals surface area (Å²) in [7, 11) is 1.52. The highest BCUT2D eigenvalue weighted by Gasteiger charge is 2.19. The summed E-state index contributed by atoms with van der Waals surface area (Å²) >= 11 is 3.35. The van der Waals surface area contributed by atoms with Gasteiger partial charge in [0.2, 0.25) is 0 Å². The van der Waals surface area contributed by atoms with Crippen LogP contribution >= 0.6 is 15.9 Å². The maximum atomic E-state index is 12.0. The highest BCUT2D eigenvalue weighted by Crippen LogP contribution is 2.24. The molecular formula is C21H21BrN2O5. The fourth-order valence-corrected chi connectivity index (χ4v) is 2.68. The summed E-state index contributed by atoms with van der Waals surface area (Å²) in [4.78, 5) is 35.8. The molecule has 0 aromatic heterocycles. The number of urea groups is 1. The van der Waals surface area contributed by atoms with Crippen molar-refractivity contribution in [3.05, 3.63) is 70.2 Å². The summed E-state index contributed by atoms with van der Waals surface area (Å²) in [5.74, 6) is -0.866. The van der Waals surface area contributed by atoms with Crippen LogP contribution in [0.25, 0.3) is 6.08 Å². The first-order chi connectivity index (χ1) is 13.9. The number of ether oxygens (including phenoxy) is 2. The van der Waals surface area contributed by atoms with E-state index in [9.17, 15) is 14.4 Å². The van der Waals surface area contributed by atoms with Crippen LogP contribution < -0.4 is 15.4 Å². The normalized spacial score (nSPS) is 11.6. The van der Waals surface area contributed by atoms with Gasteiger partial charge in [0.1, 0.15) is 5.75 Å². The Morgan fingerprint density at radius 1 is 1.14 bits per heavy atom. The van der Waals surface area contributed by atoms with Crippen LogP contribution in [-0.2, 0) is 20.9 Å². The summed E-state index contributed by atoms with van der Waals surface area (Å²) in [5.41, 5.74) is 1.55. The van der Waals surface area contributed by atoms with Crippen molar-refractivity contribution in [3.63, 3.8) is 0 Å². The molecule has 152 valence electrons. The number of carbonyl (C=O) groups is 3. The zero-order valence-corrected chi connectivity index (χ0v) is 17.6. The summed E-state index contributed by atoms with van der Waals surface area (Å²) in [6.07, 6.45) is 1.56. The largest absolute Gasteiger partial charge is 0.496 e. The van der Waals surface area contributed by atoms with Gasteiger partial charge >= 0.3 is 12.0 Å². The molecule has 0 saturated heterocycles. The van der Waals surface area contributed by atoms with E-state index in [1.807, 2.05) is 36.4 Å². The van der Waals surface area contributed by atoms with Crippen LogP contribution in [0.15, 0.2) is 59.1 Å². The first-order valence-electron chi connectivity index (χ1n) is 8.74. The summed E-state index contributed by atoms with van der Waals surface area (Å²) in [5, 5.41) is 4.70. The van der Waals surface area contributed by atoms with Crippen LogP contribution in [0.4, 0.5) is 4.79 Å². The van der Waals surface area contributed by atoms with Gasteiger partial charge in [0.25, 0.3) is 5.91 Å². The second kappa shape index (κ2) is 11.0. The molecule has 0 aliphatic heterocycles. The molecule has 0 aliphatic carbocycles. The first kappa shape index (κ1) is 22.2. The van der Waals surface area contributed by atoms with Gasteiger partial charge in [-0.15, -0.1) is 0 Å². The van der Waals surface area contributed by atoms with Gasteiger partial charge in [0, 0.05) is 22.7 Å². The molecule has 2 aromatic rings. The van der Waals surface area contributed by atoms with E-state index in [-0.39, 0.29) is 6.54 Å². The van der Waals surface area contributed by atoms with Crippen molar-refractivity contribution in [2.24, 2.45) is 0 Å². The van der Waals surface area contributed by atoms with Gasteiger partial charge in [-0.25, -0.2) is 9.59 Å². The molecule has 0 bridgehead atoms. The van der Waals surface area contributed by atoms with E-state index in [1.165, 1.54) is 26.2 Å². The van der Waals surface area contributed by atoms with Crippen LogP contribution in [-0.4, -0.2) is 31.1 Å². The number of amides is 3. The zero-order chi connectivity index (χ0) is 21.2. The Balaban J connectivity index is 1.83. The lowest BCUT2D eigenvalue weighted by Crippen LogP contribution is -2.44. The highest BCUT2D eigenvalue weighted by molar-refractivity contribution is 9.10. The first-order valence-corrected chi connectivity index (χ1v) is 9.53. The molecule has 1 unspecified atom stereocenters. The van der Waals surface area contributed by atoms with E-state index in [0.717, 1.165) is 10.0 Å². The number of rotatable bonds is 7. The number of benzene rings is 2. The minimum absolute atomic E-state index is 0.269. The summed E-state index contributed by atoms with van der Waals surface area (Å²) < 4.78 is 11.1. The van der Waals surface area contributed by atoms with E-state index in [2.05, 4.69) is 26.6 Å². The Hall–Kier alpha value is -3.13. The van der Waals surface area contributed by atoms with Crippen molar-refractivity contribution in [1.82, 2.24) is 10.6 Å². The standard InChI is InChI=1S/C21H21BrN2O5/c1-14(20(26)24-21(27)23-13-15-6-4-3-5-7-15)29-19(25)11-8-16-12-17(22)9-10-18(16)28-2/h3-12,14H,13H2,1-2H3,(H2,23,24,26,27)/b11-8+. The minimum Gasteiger partial charge on any atom is -0.496 e. The van der Waals surface area contributed by atoms with Crippen LogP contribution in [0.2, 0.25) is 0 Å². The van der Waals surface area contributed by atoms with E-state index >= 15 is 0 Å². The van der Waals surface area contributed by atoms with Crippen molar-refractivity contribution >= 4 is 39.9 Å². The number of hydrogen-bond donors (Lipinski definition) is 2. The molecule has 8 heteroatoms. The maximum absolute atomic E-state index is 12.0. The molecule has 29 heavy (non-hydrogen) atoms. The van der Waals surface area contributed by atoms with Crippen LogP contribution in [0.5, 0.6) is 5.75 Å². The number of hydrogen-bond acceptors (Lipinski definition) is 5. The zero-order valence-electron chi connectivity index (χ0n) is 16.0. The quantitative estimate of drug-likeness (QED) is 0.487. The number of esters is 1. The van der Waals surface area contributed by atoms with Gasteiger partial charge in [-0.3, -0.25) is 10.1 Å². The summed E-state index contributed by atoms with van der Waals surface area (Å²) in [6.45, 7) is 1.65. The molecule has 2 rings (SSSR count). The van der Waals surface area contributed by atoms with E-state index in [1.54, 1.807) is 12.1 Å². The lowest BCUT2D eigenvalue weighted by atomic mass is 10.2. The predicted octanol–water partition coefficient (Wildman–Crippen LogP) is 3.43. The molecule has 0 heterocycles. The molecular weight excluding hydrogens is 440 g/mol. The molecule has 0 saturated carbocycles. The van der Waals surface area contributed by atoms with Crippen LogP contribution in [0.1, 0.15) is 18.1 Å². The molecule has 1 atom stereocenters. The average Bonchev–Trinajstić information content (AvgIpc) is 2.71. The van der Waals surface area contributed by atoms with Gasteiger partial charge in [-0.1, -0.05) is 46.3 Å². The van der Waals surface area contributed by atoms with Gasteiger partial charge in [-0.2, -0.15) is 0 Å². The molecule has 2 N–H and O–H groups in total.